The van der Waals surface area contributed by atoms with Gasteiger partial charge in [-0.25, -0.2) is 4.98 Å². The van der Waals surface area contributed by atoms with Crippen molar-refractivity contribution in [3.63, 3.8) is 0 Å². The second-order valence-corrected chi connectivity index (χ2v) is 12.0. The molecule has 0 bridgehead atoms. The van der Waals surface area contributed by atoms with Crippen molar-refractivity contribution < 1.29 is 14.4 Å². The Morgan fingerprint density at radius 1 is 1.05 bits per heavy atom. The van der Waals surface area contributed by atoms with Gasteiger partial charge in [0.1, 0.15) is 11.9 Å². The van der Waals surface area contributed by atoms with Crippen molar-refractivity contribution in [2.24, 2.45) is 0 Å². The van der Waals surface area contributed by atoms with Gasteiger partial charge in [0, 0.05) is 37.8 Å². The average Bonchev–Trinajstić information content (AvgIpc) is 3.48. The largest absolute Gasteiger partial charge is 0.472 e. The van der Waals surface area contributed by atoms with E-state index in [-0.39, 0.29) is 5.41 Å². The number of nitrogens with zero attached hydrogens (tertiary/aromatic N) is 5. The number of aryl methyl sites for hydroxylation is 1. The minimum atomic E-state index is -0.636. The van der Waals surface area contributed by atoms with Crippen LogP contribution in [0.2, 0.25) is 0 Å². The minimum absolute atomic E-state index is 0.106. The minimum Gasteiger partial charge on any atom is -0.472 e. The van der Waals surface area contributed by atoms with Crippen LogP contribution in [-0.2, 0) is 12.0 Å². The number of aliphatic hydroxyl groups is 1. The molecule has 0 spiro atoms. The summed E-state index contributed by atoms with van der Waals surface area (Å²) in [6, 6.07) is 14.3. The lowest BCUT2D eigenvalue weighted by atomic mass is 9.87. The summed E-state index contributed by atoms with van der Waals surface area (Å²) < 4.78 is 12.9. The molecular formula is C28H35N5O3S. The van der Waals surface area contributed by atoms with Crippen molar-refractivity contribution in [2.45, 2.75) is 58.9 Å². The number of aromatic nitrogens is 3. The maximum Gasteiger partial charge on any atom is 0.241 e. The summed E-state index contributed by atoms with van der Waals surface area (Å²) in [7, 11) is 0. The first-order chi connectivity index (χ1) is 17.7. The van der Waals surface area contributed by atoms with Crippen LogP contribution in [0.15, 0.2) is 47.0 Å². The molecule has 0 radical (unpaired) electrons. The Bertz CT molecular complexity index is 1330. The molecule has 1 aliphatic heterocycles. The Labute approximate surface area is 221 Å². The number of rotatable bonds is 7. The molecule has 5 rings (SSSR count). The summed E-state index contributed by atoms with van der Waals surface area (Å²) in [6.07, 6.45) is -1.06. The molecule has 0 aliphatic carbocycles. The van der Waals surface area contributed by atoms with Crippen LogP contribution in [0.1, 0.15) is 44.2 Å². The first-order valence-electron chi connectivity index (χ1n) is 12.8. The first kappa shape index (κ1) is 25.8. The maximum absolute atomic E-state index is 10.5. The van der Waals surface area contributed by atoms with E-state index in [9.17, 15) is 5.11 Å². The average molecular weight is 522 g/mol. The van der Waals surface area contributed by atoms with E-state index < -0.39 is 12.3 Å². The van der Waals surface area contributed by atoms with E-state index in [0.29, 0.717) is 18.3 Å². The summed E-state index contributed by atoms with van der Waals surface area (Å²) in [5.74, 6) is 1.95. The van der Waals surface area contributed by atoms with Crippen molar-refractivity contribution in [1.82, 2.24) is 24.9 Å². The normalized spacial score (nSPS) is 17.2. The van der Waals surface area contributed by atoms with E-state index in [1.165, 1.54) is 5.56 Å². The van der Waals surface area contributed by atoms with Gasteiger partial charge < -0.3 is 14.4 Å². The van der Waals surface area contributed by atoms with Gasteiger partial charge in [0.15, 0.2) is 6.23 Å². The first-order valence-corrected chi connectivity index (χ1v) is 13.6. The van der Waals surface area contributed by atoms with Gasteiger partial charge >= 0.3 is 0 Å². The van der Waals surface area contributed by atoms with Gasteiger partial charge in [0.2, 0.25) is 11.7 Å². The molecule has 1 N–H and O–H groups in total. The molecule has 0 saturated carbocycles. The van der Waals surface area contributed by atoms with Crippen molar-refractivity contribution >= 4 is 21.6 Å². The van der Waals surface area contributed by atoms with Gasteiger partial charge in [0.05, 0.1) is 21.8 Å². The number of benzene rings is 2. The molecule has 8 nitrogen and oxygen atoms in total. The predicted octanol–water partition coefficient (Wildman–Crippen LogP) is 4.86. The van der Waals surface area contributed by atoms with Crippen LogP contribution in [0, 0.1) is 6.92 Å². The van der Waals surface area contributed by atoms with E-state index in [4.69, 9.17) is 9.26 Å². The number of ether oxygens (including phenoxy) is 1. The molecular weight excluding hydrogens is 486 g/mol. The van der Waals surface area contributed by atoms with Gasteiger partial charge in [-0.2, -0.15) is 4.98 Å². The number of piperazine rings is 1. The molecule has 2 aromatic carbocycles. The van der Waals surface area contributed by atoms with Crippen LogP contribution in [0.5, 0.6) is 5.75 Å². The Morgan fingerprint density at radius 2 is 1.78 bits per heavy atom. The lowest BCUT2D eigenvalue weighted by Gasteiger charge is -2.39. The van der Waals surface area contributed by atoms with Crippen molar-refractivity contribution in [2.75, 3.05) is 26.2 Å². The molecule has 1 saturated heterocycles. The van der Waals surface area contributed by atoms with Crippen LogP contribution in [-0.4, -0.2) is 68.5 Å². The molecule has 4 aromatic rings. The topological polar surface area (TPSA) is 87.8 Å². The Balaban J connectivity index is 1.17. The van der Waals surface area contributed by atoms with Crippen LogP contribution in [0.4, 0.5) is 0 Å². The fourth-order valence-corrected chi connectivity index (χ4v) is 5.44. The zero-order chi connectivity index (χ0) is 26.2. The third-order valence-corrected chi connectivity index (χ3v) is 7.69. The van der Waals surface area contributed by atoms with Gasteiger partial charge in [0.25, 0.3) is 0 Å². The molecule has 9 heteroatoms. The Hall–Kier alpha value is -2.85. The molecule has 0 amide bonds. The highest BCUT2D eigenvalue weighted by molar-refractivity contribution is 7.18. The standard InChI is InChI=1S/C28H35N5O3S/c1-18(34)27(35-22-10-11-24-23(16-22)29-19(2)37-24)33-14-12-32(13-15-33)17-25-30-26(31-36-25)20-6-8-21(9-7-20)28(3,4)5/h6-11,16,18,27,34H,12-15,17H2,1-5H3. The lowest BCUT2D eigenvalue weighted by molar-refractivity contribution is -0.0757. The van der Waals surface area contributed by atoms with Crippen molar-refractivity contribution in [3.05, 3.63) is 58.9 Å². The molecule has 37 heavy (non-hydrogen) atoms. The van der Waals surface area contributed by atoms with Gasteiger partial charge in [-0.05, 0) is 37.0 Å². The Morgan fingerprint density at radius 3 is 2.46 bits per heavy atom. The smallest absolute Gasteiger partial charge is 0.241 e. The number of hydrogen-bond donors (Lipinski definition) is 1. The number of aliphatic hydroxyl groups excluding tert-OH is 1. The summed E-state index contributed by atoms with van der Waals surface area (Å²) >= 11 is 1.67. The number of hydrogen-bond acceptors (Lipinski definition) is 9. The molecule has 196 valence electrons. The quantitative estimate of drug-likeness (QED) is 0.369. The second-order valence-electron chi connectivity index (χ2n) is 10.8. The van der Waals surface area contributed by atoms with Crippen LogP contribution in [0.3, 0.4) is 0 Å². The molecule has 1 aliphatic rings. The highest BCUT2D eigenvalue weighted by Crippen LogP contribution is 2.28. The summed E-state index contributed by atoms with van der Waals surface area (Å²) in [6.45, 7) is 14.1. The number of thiazole rings is 1. The number of fused-ring (bicyclic) bond motifs is 1. The lowest BCUT2D eigenvalue weighted by Crippen LogP contribution is -2.55. The van der Waals surface area contributed by atoms with Crippen molar-refractivity contribution in [3.8, 4) is 17.1 Å². The van der Waals surface area contributed by atoms with E-state index >= 15 is 0 Å². The fraction of sp³-hybridized carbons (Fsp3) is 0.464. The zero-order valence-electron chi connectivity index (χ0n) is 22.1. The zero-order valence-corrected chi connectivity index (χ0v) is 23.0. The summed E-state index contributed by atoms with van der Waals surface area (Å²) in [4.78, 5) is 13.7. The van der Waals surface area contributed by atoms with Crippen LogP contribution >= 0.6 is 11.3 Å². The fourth-order valence-electron chi connectivity index (χ4n) is 4.64. The van der Waals surface area contributed by atoms with E-state index in [2.05, 4.69) is 70.0 Å². The molecule has 2 unspecified atom stereocenters. The summed E-state index contributed by atoms with van der Waals surface area (Å²) in [5, 5.41) is 15.7. The van der Waals surface area contributed by atoms with Gasteiger partial charge in [-0.15, -0.1) is 11.3 Å². The van der Waals surface area contributed by atoms with Crippen LogP contribution in [0.25, 0.3) is 21.6 Å². The predicted molar refractivity (Wildman–Crippen MR) is 146 cm³/mol. The van der Waals surface area contributed by atoms with Crippen molar-refractivity contribution in [1.29, 1.82) is 0 Å². The SMILES string of the molecule is Cc1nc2cc(OC(C(C)O)N3CCN(Cc4nc(-c5ccc(C(C)(C)C)cc5)no4)CC3)ccc2s1. The third kappa shape index (κ3) is 6.01. The highest BCUT2D eigenvalue weighted by atomic mass is 32.1. The molecule has 1 fully saturated rings. The van der Waals surface area contributed by atoms with E-state index in [1.54, 1.807) is 18.3 Å². The van der Waals surface area contributed by atoms with E-state index in [0.717, 1.165) is 52.7 Å². The van der Waals surface area contributed by atoms with Gasteiger partial charge in [-0.3, -0.25) is 9.80 Å². The van der Waals surface area contributed by atoms with Gasteiger partial charge in [-0.1, -0.05) is 50.2 Å². The van der Waals surface area contributed by atoms with Crippen LogP contribution < -0.4 is 4.74 Å². The summed E-state index contributed by atoms with van der Waals surface area (Å²) in [5.41, 5.74) is 3.26. The van der Waals surface area contributed by atoms with E-state index in [1.807, 2.05) is 25.1 Å². The third-order valence-electron chi connectivity index (χ3n) is 6.74. The second kappa shape index (κ2) is 10.5. The molecule has 2 aromatic heterocycles. The Kier molecular flexibility index (Phi) is 7.31. The molecule has 3 heterocycles. The highest BCUT2D eigenvalue weighted by Gasteiger charge is 2.29. The monoisotopic (exact) mass is 521 g/mol. The maximum atomic E-state index is 10.5. The molecule has 2 atom stereocenters.